The highest BCUT2D eigenvalue weighted by molar-refractivity contribution is 6.08. The van der Waals surface area contributed by atoms with Crippen LogP contribution in [0.2, 0.25) is 0 Å². The highest BCUT2D eigenvalue weighted by Crippen LogP contribution is 2.33. The van der Waals surface area contributed by atoms with Gasteiger partial charge in [0.1, 0.15) is 18.2 Å². The van der Waals surface area contributed by atoms with E-state index in [1.165, 1.54) is 0 Å². The molecule has 1 heterocycles. The number of fused-ring (bicyclic) bond motifs is 2. The first-order valence-corrected chi connectivity index (χ1v) is 10.8. The number of nitrogen functional groups attached to an aromatic ring is 1. The zero-order valence-electron chi connectivity index (χ0n) is 18.4. The molecule has 0 saturated heterocycles. The number of hydrogen-bond acceptors (Lipinski definition) is 5. The second-order valence-electron chi connectivity index (χ2n) is 7.93. The predicted octanol–water partition coefficient (Wildman–Crippen LogP) is 6.74. The summed E-state index contributed by atoms with van der Waals surface area (Å²) in [6, 6.07) is 23.8. The molecular weight excluding hydrogens is 450 g/mol. The van der Waals surface area contributed by atoms with Crippen molar-refractivity contribution in [1.82, 2.24) is 4.98 Å². The molecule has 5 rings (SSSR count). The summed E-state index contributed by atoms with van der Waals surface area (Å²) in [5.41, 5.74) is 10.3. The third-order valence-corrected chi connectivity index (χ3v) is 5.41. The molecule has 5 aromatic rings. The Labute approximate surface area is 199 Å². The number of amides is 1. The number of halogens is 2. The normalized spacial score (nSPS) is 10.9. The summed E-state index contributed by atoms with van der Waals surface area (Å²) >= 11 is 0. The largest absolute Gasteiger partial charge is 0.444 e. The Morgan fingerprint density at radius 2 is 1.57 bits per heavy atom. The van der Waals surface area contributed by atoms with E-state index in [0.29, 0.717) is 23.0 Å². The van der Waals surface area contributed by atoms with Gasteiger partial charge in [-0.15, -0.1) is 0 Å². The van der Waals surface area contributed by atoms with Gasteiger partial charge in [0.2, 0.25) is 0 Å². The topological polar surface area (TPSA) is 89.3 Å². The number of carbonyl (C=O) groups excluding carboxylic acids is 1. The summed E-state index contributed by atoms with van der Waals surface area (Å²) in [7, 11) is 0. The van der Waals surface area contributed by atoms with Crippen LogP contribution in [0.3, 0.4) is 0 Å². The van der Waals surface area contributed by atoms with E-state index in [0.717, 1.165) is 39.6 Å². The summed E-state index contributed by atoms with van der Waals surface area (Å²) in [5, 5.41) is 7.61. The lowest BCUT2D eigenvalue weighted by atomic mass is 10.1. The monoisotopic (exact) mass is 470 g/mol. The summed E-state index contributed by atoms with van der Waals surface area (Å²) in [4.78, 5) is 16.9. The second-order valence-corrected chi connectivity index (χ2v) is 7.93. The summed E-state index contributed by atoms with van der Waals surface area (Å²) < 4.78 is 32.0. The zero-order chi connectivity index (χ0) is 24.4. The average Bonchev–Trinajstić information content (AvgIpc) is 2.84. The highest BCUT2D eigenvalue weighted by Gasteiger charge is 2.12. The average molecular weight is 470 g/mol. The van der Waals surface area contributed by atoms with Crippen LogP contribution in [0.4, 0.5) is 36.3 Å². The Kier molecular flexibility index (Phi) is 5.85. The van der Waals surface area contributed by atoms with Crippen molar-refractivity contribution in [3.63, 3.8) is 0 Å². The fraction of sp³-hybridized carbons (Fsp3) is 0.0370. The number of rotatable bonds is 5. The van der Waals surface area contributed by atoms with E-state index < -0.39 is 17.7 Å². The van der Waals surface area contributed by atoms with E-state index in [1.54, 1.807) is 12.1 Å². The van der Waals surface area contributed by atoms with E-state index in [9.17, 15) is 13.6 Å². The Bertz CT molecular complexity index is 1520. The second kappa shape index (κ2) is 9.26. The number of nitrogens with two attached hydrogens (primary N) is 1. The zero-order valence-corrected chi connectivity index (χ0v) is 18.4. The van der Waals surface area contributed by atoms with Gasteiger partial charge in [0.15, 0.2) is 0 Å². The Morgan fingerprint density at radius 3 is 2.26 bits per heavy atom. The van der Waals surface area contributed by atoms with Crippen LogP contribution in [0.15, 0.2) is 84.9 Å². The first-order chi connectivity index (χ1) is 17.0. The highest BCUT2D eigenvalue weighted by atomic mass is 19.1. The van der Waals surface area contributed by atoms with Crippen molar-refractivity contribution in [2.45, 2.75) is 6.61 Å². The van der Waals surface area contributed by atoms with Crippen LogP contribution >= 0.6 is 0 Å². The van der Waals surface area contributed by atoms with E-state index in [2.05, 4.69) is 10.6 Å². The van der Waals surface area contributed by atoms with Gasteiger partial charge in [-0.1, -0.05) is 36.4 Å². The molecule has 4 N–H and O–H groups in total. The van der Waals surface area contributed by atoms with Gasteiger partial charge in [-0.3, -0.25) is 5.32 Å². The van der Waals surface area contributed by atoms with Gasteiger partial charge in [-0.25, -0.2) is 18.6 Å². The molecular formula is C27H20F2N4O2. The first kappa shape index (κ1) is 22.1. The van der Waals surface area contributed by atoms with Crippen molar-refractivity contribution in [3.05, 3.63) is 102 Å². The van der Waals surface area contributed by atoms with E-state index >= 15 is 0 Å². The summed E-state index contributed by atoms with van der Waals surface area (Å²) in [6.07, 6.45) is -0.876. The summed E-state index contributed by atoms with van der Waals surface area (Å²) in [5.74, 6) is -1.63. The maximum Gasteiger partial charge on any atom is 0.412 e. The molecule has 0 radical (unpaired) electrons. The quantitative estimate of drug-likeness (QED) is 0.196. The maximum atomic E-state index is 13.8. The number of aromatic nitrogens is 1. The predicted molar refractivity (Wildman–Crippen MR) is 134 cm³/mol. The summed E-state index contributed by atoms with van der Waals surface area (Å²) in [6.45, 7) is -0.105. The van der Waals surface area contributed by atoms with Gasteiger partial charge < -0.3 is 15.8 Å². The van der Waals surface area contributed by atoms with E-state index in [-0.39, 0.29) is 12.3 Å². The van der Waals surface area contributed by atoms with Crippen molar-refractivity contribution in [3.8, 4) is 0 Å². The number of benzene rings is 4. The van der Waals surface area contributed by atoms with Crippen molar-refractivity contribution in [2.75, 3.05) is 16.4 Å². The standard InChI is InChI=1S/C27H20F2N4O2/c28-17-9-10-25(22(29)13-17)33-27(34)35-15-16-11-18(30)14-19(12-16)31-26-20-5-1-3-7-23(20)32-24-8-4-2-6-21(24)26/h1-14H,15,30H2,(H,31,32)(H,33,34). The molecule has 1 amide bonds. The number of ether oxygens (including phenoxy) is 1. The smallest absolute Gasteiger partial charge is 0.412 e. The fourth-order valence-electron chi connectivity index (χ4n) is 3.88. The Hall–Kier alpha value is -4.72. The number of pyridine rings is 1. The lowest BCUT2D eigenvalue weighted by Crippen LogP contribution is -2.14. The van der Waals surface area contributed by atoms with E-state index in [4.69, 9.17) is 15.5 Å². The molecule has 6 nitrogen and oxygen atoms in total. The molecule has 8 heteroatoms. The molecule has 0 bridgehead atoms. The molecule has 0 aliphatic carbocycles. The minimum absolute atomic E-state index is 0.105. The molecule has 35 heavy (non-hydrogen) atoms. The van der Waals surface area contributed by atoms with Crippen LogP contribution in [0.25, 0.3) is 21.8 Å². The Morgan fingerprint density at radius 1 is 0.886 bits per heavy atom. The number of carbonyl (C=O) groups is 1. The lowest BCUT2D eigenvalue weighted by Gasteiger charge is -2.15. The van der Waals surface area contributed by atoms with Gasteiger partial charge in [0.05, 0.1) is 22.4 Å². The van der Waals surface area contributed by atoms with E-state index in [1.807, 2.05) is 54.6 Å². The molecule has 0 atom stereocenters. The fourth-order valence-corrected chi connectivity index (χ4v) is 3.88. The van der Waals surface area contributed by atoms with Crippen LogP contribution < -0.4 is 16.4 Å². The van der Waals surface area contributed by atoms with Crippen LogP contribution in [0, 0.1) is 11.6 Å². The number of anilines is 4. The molecule has 4 aromatic carbocycles. The van der Waals surface area contributed by atoms with Gasteiger partial charge in [-0.05, 0) is 48.0 Å². The van der Waals surface area contributed by atoms with Crippen molar-refractivity contribution in [2.24, 2.45) is 0 Å². The van der Waals surface area contributed by atoms with Crippen molar-refractivity contribution < 1.29 is 18.3 Å². The van der Waals surface area contributed by atoms with Gasteiger partial charge in [-0.2, -0.15) is 0 Å². The molecule has 1 aromatic heterocycles. The van der Waals surface area contributed by atoms with Gasteiger partial charge in [0, 0.05) is 28.2 Å². The minimum Gasteiger partial charge on any atom is -0.444 e. The molecule has 0 spiro atoms. The third kappa shape index (κ3) is 4.81. The van der Waals surface area contributed by atoms with Crippen LogP contribution in [0.5, 0.6) is 0 Å². The first-order valence-electron chi connectivity index (χ1n) is 10.8. The molecule has 0 aliphatic rings. The number of para-hydroxylation sites is 2. The molecule has 0 fully saturated rings. The third-order valence-electron chi connectivity index (χ3n) is 5.41. The van der Waals surface area contributed by atoms with Crippen LogP contribution in [-0.2, 0) is 11.3 Å². The van der Waals surface area contributed by atoms with Gasteiger partial charge in [0.25, 0.3) is 0 Å². The van der Waals surface area contributed by atoms with Crippen molar-refractivity contribution in [1.29, 1.82) is 0 Å². The van der Waals surface area contributed by atoms with Crippen LogP contribution in [-0.4, -0.2) is 11.1 Å². The molecule has 0 aliphatic heterocycles. The Balaban J connectivity index is 1.38. The van der Waals surface area contributed by atoms with Crippen LogP contribution in [0.1, 0.15) is 5.56 Å². The lowest BCUT2D eigenvalue weighted by molar-refractivity contribution is 0.155. The maximum absolute atomic E-state index is 13.8. The number of nitrogens with one attached hydrogen (secondary N) is 2. The molecule has 174 valence electrons. The molecule has 0 unspecified atom stereocenters. The van der Waals surface area contributed by atoms with Crippen molar-refractivity contribution >= 4 is 50.6 Å². The number of nitrogens with zero attached hydrogens (tertiary/aromatic N) is 1. The minimum atomic E-state index is -0.894. The number of hydrogen-bond donors (Lipinski definition) is 3. The molecule has 0 saturated carbocycles. The van der Waals surface area contributed by atoms with Gasteiger partial charge >= 0.3 is 6.09 Å². The SMILES string of the molecule is Nc1cc(COC(=O)Nc2ccc(F)cc2F)cc(Nc2c3ccccc3nc3ccccc23)c1.